The summed E-state index contributed by atoms with van der Waals surface area (Å²) in [5.74, 6) is -1.72. The fourth-order valence-electron chi connectivity index (χ4n) is 3.17. The third-order valence-electron chi connectivity index (χ3n) is 4.55. The molecule has 0 radical (unpaired) electrons. The van der Waals surface area contributed by atoms with Gasteiger partial charge in [-0.05, 0) is 36.5 Å². The number of rotatable bonds is 7. The van der Waals surface area contributed by atoms with Crippen molar-refractivity contribution in [1.82, 2.24) is 5.32 Å². The molecule has 0 bridgehead atoms. The van der Waals surface area contributed by atoms with Crippen LogP contribution in [0.1, 0.15) is 50.0 Å². The molecule has 1 atom stereocenters. The summed E-state index contributed by atoms with van der Waals surface area (Å²) in [5, 5.41) is 13.0. The summed E-state index contributed by atoms with van der Waals surface area (Å²) < 4.78 is 38.2. The number of amides is 1. The molecule has 1 fully saturated rings. The lowest BCUT2D eigenvalue weighted by Crippen LogP contribution is -2.46. The summed E-state index contributed by atoms with van der Waals surface area (Å²) in [5.41, 5.74) is 1.71. The first-order valence-electron chi connectivity index (χ1n) is 8.67. The highest BCUT2D eigenvalue weighted by Gasteiger charge is 2.40. The Labute approximate surface area is 150 Å². The first-order chi connectivity index (χ1) is 12.3. The van der Waals surface area contributed by atoms with E-state index in [2.05, 4.69) is 5.32 Å². The molecule has 1 aromatic carbocycles. The van der Waals surface area contributed by atoms with Crippen molar-refractivity contribution in [3.8, 4) is 0 Å². The lowest BCUT2D eigenvalue weighted by atomic mass is 9.84. The molecule has 5 nitrogen and oxygen atoms in total. The van der Waals surface area contributed by atoms with Crippen LogP contribution in [0.3, 0.4) is 0 Å². The van der Waals surface area contributed by atoms with Gasteiger partial charge in [-0.15, -0.1) is 0 Å². The van der Waals surface area contributed by atoms with Crippen molar-refractivity contribution in [1.29, 1.82) is 0 Å². The number of carbonyl (C=O) groups is 2. The second-order valence-electron chi connectivity index (χ2n) is 6.58. The Hall–Kier alpha value is -2.09. The van der Waals surface area contributed by atoms with E-state index < -0.39 is 37.1 Å². The van der Waals surface area contributed by atoms with E-state index in [1.54, 1.807) is 12.1 Å². The van der Waals surface area contributed by atoms with Gasteiger partial charge in [0, 0.05) is 5.69 Å². The van der Waals surface area contributed by atoms with Gasteiger partial charge in [-0.3, -0.25) is 14.9 Å². The van der Waals surface area contributed by atoms with Gasteiger partial charge in [0.15, 0.2) is 0 Å². The maximum atomic E-state index is 12.7. The minimum absolute atomic E-state index is 0.498. The number of hydrogen-bond donors (Lipinski definition) is 3. The predicted molar refractivity (Wildman–Crippen MR) is 91.0 cm³/mol. The van der Waals surface area contributed by atoms with Crippen molar-refractivity contribution in [2.24, 2.45) is 0 Å². The average molecular weight is 372 g/mol. The molecule has 3 N–H and O–H groups in total. The summed E-state index contributed by atoms with van der Waals surface area (Å²) in [7, 11) is 0. The van der Waals surface area contributed by atoms with E-state index in [4.69, 9.17) is 5.11 Å². The molecule has 0 saturated heterocycles. The molecule has 8 heteroatoms. The van der Waals surface area contributed by atoms with Gasteiger partial charge >= 0.3 is 12.1 Å². The highest BCUT2D eigenvalue weighted by atomic mass is 19.4. The Kier molecular flexibility index (Phi) is 7.02. The van der Waals surface area contributed by atoms with Crippen LogP contribution in [0.5, 0.6) is 0 Å². The normalized spacial score (nSPS) is 16.9. The minimum Gasteiger partial charge on any atom is -0.481 e. The molecule has 1 aliphatic carbocycles. The number of aliphatic carboxylic acids is 1. The molecule has 1 saturated carbocycles. The lowest BCUT2D eigenvalue weighted by Gasteiger charge is -2.22. The van der Waals surface area contributed by atoms with Crippen molar-refractivity contribution in [2.45, 2.75) is 56.7 Å². The van der Waals surface area contributed by atoms with Crippen LogP contribution in [-0.4, -0.2) is 35.7 Å². The summed E-state index contributed by atoms with van der Waals surface area (Å²) >= 11 is 0. The summed E-state index contributed by atoms with van der Waals surface area (Å²) in [4.78, 5) is 22.3. The van der Waals surface area contributed by atoms with Crippen LogP contribution in [0, 0.1) is 0 Å². The third kappa shape index (κ3) is 6.33. The third-order valence-corrected chi connectivity index (χ3v) is 4.55. The van der Waals surface area contributed by atoms with Gasteiger partial charge < -0.3 is 10.4 Å². The molecule has 1 aromatic rings. The predicted octanol–water partition coefficient (Wildman–Crippen LogP) is 3.67. The van der Waals surface area contributed by atoms with Crippen LogP contribution in [0.15, 0.2) is 24.3 Å². The second kappa shape index (κ2) is 9.02. The number of hydrogen-bond acceptors (Lipinski definition) is 3. The van der Waals surface area contributed by atoms with Gasteiger partial charge in [-0.1, -0.05) is 31.4 Å². The van der Waals surface area contributed by atoms with Gasteiger partial charge in [0.2, 0.25) is 5.91 Å². The van der Waals surface area contributed by atoms with Crippen LogP contribution in [0.4, 0.5) is 18.9 Å². The zero-order chi connectivity index (χ0) is 19.2. The SMILES string of the molecule is O=C(O)CC(NCC(=O)Nc1ccc(C2CCCCC2)cc1)C(F)(F)F. The standard InChI is InChI=1S/C18H23F3N2O3/c19-18(20,21)15(10-17(25)26)22-11-16(24)23-14-8-6-13(7-9-14)12-4-2-1-3-5-12/h6-9,12,15,22H,1-5,10-11H2,(H,23,24)(H,25,26). The first kappa shape index (κ1) is 20.2. The fourth-order valence-corrected chi connectivity index (χ4v) is 3.17. The molecule has 1 amide bonds. The number of halogens is 3. The van der Waals surface area contributed by atoms with E-state index in [1.807, 2.05) is 17.4 Å². The van der Waals surface area contributed by atoms with Crippen molar-refractivity contribution in [3.05, 3.63) is 29.8 Å². The van der Waals surface area contributed by atoms with Gasteiger partial charge in [0.25, 0.3) is 0 Å². The summed E-state index contributed by atoms with van der Waals surface area (Å²) in [6.07, 6.45) is 0.124. The Morgan fingerprint density at radius 3 is 2.27 bits per heavy atom. The van der Waals surface area contributed by atoms with Gasteiger partial charge in [-0.2, -0.15) is 13.2 Å². The Morgan fingerprint density at radius 1 is 1.12 bits per heavy atom. The largest absolute Gasteiger partial charge is 0.481 e. The second-order valence-corrected chi connectivity index (χ2v) is 6.58. The van der Waals surface area contributed by atoms with Crippen LogP contribution < -0.4 is 10.6 Å². The van der Waals surface area contributed by atoms with Crippen LogP contribution in [0.25, 0.3) is 0 Å². The number of carboxylic acids is 1. The molecular formula is C18H23F3N2O3. The molecule has 26 heavy (non-hydrogen) atoms. The van der Waals surface area contributed by atoms with Crippen LogP contribution >= 0.6 is 0 Å². The Balaban J connectivity index is 1.85. The lowest BCUT2D eigenvalue weighted by molar-refractivity contribution is -0.167. The van der Waals surface area contributed by atoms with E-state index in [9.17, 15) is 22.8 Å². The molecule has 0 spiro atoms. The fraction of sp³-hybridized carbons (Fsp3) is 0.556. The molecule has 0 aromatic heterocycles. The van der Waals surface area contributed by atoms with E-state index in [-0.39, 0.29) is 0 Å². The highest BCUT2D eigenvalue weighted by molar-refractivity contribution is 5.92. The van der Waals surface area contributed by atoms with Crippen molar-refractivity contribution in [2.75, 3.05) is 11.9 Å². The van der Waals surface area contributed by atoms with Crippen molar-refractivity contribution in [3.63, 3.8) is 0 Å². The zero-order valence-corrected chi connectivity index (χ0v) is 14.3. The van der Waals surface area contributed by atoms with Gasteiger partial charge in [0.05, 0.1) is 13.0 Å². The minimum atomic E-state index is -4.74. The number of anilines is 1. The molecule has 0 heterocycles. The number of carbonyl (C=O) groups excluding carboxylic acids is 1. The maximum Gasteiger partial charge on any atom is 0.404 e. The molecular weight excluding hydrogens is 349 g/mol. The summed E-state index contributed by atoms with van der Waals surface area (Å²) in [6, 6.07) is 5.07. The van der Waals surface area contributed by atoms with Gasteiger partial charge in [-0.25, -0.2) is 0 Å². The molecule has 2 rings (SSSR count). The van der Waals surface area contributed by atoms with Gasteiger partial charge in [0.1, 0.15) is 6.04 Å². The van der Waals surface area contributed by atoms with Crippen molar-refractivity contribution < 1.29 is 27.9 Å². The quantitative estimate of drug-likeness (QED) is 0.682. The average Bonchev–Trinajstić information content (AvgIpc) is 2.59. The summed E-state index contributed by atoms with van der Waals surface area (Å²) in [6.45, 7) is -0.623. The van der Waals surface area contributed by atoms with E-state index >= 15 is 0 Å². The maximum absolute atomic E-state index is 12.7. The van der Waals surface area contributed by atoms with Crippen molar-refractivity contribution >= 4 is 17.6 Å². The van der Waals surface area contributed by atoms with Crippen LogP contribution in [0.2, 0.25) is 0 Å². The first-order valence-corrected chi connectivity index (χ1v) is 8.67. The number of carboxylic acid groups (broad SMARTS) is 1. The Morgan fingerprint density at radius 2 is 1.73 bits per heavy atom. The molecule has 1 unspecified atom stereocenters. The van der Waals surface area contributed by atoms with E-state index in [0.717, 1.165) is 12.8 Å². The molecule has 144 valence electrons. The Bertz CT molecular complexity index is 611. The molecule has 0 aliphatic heterocycles. The van der Waals surface area contributed by atoms with E-state index in [0.29, 0.717) is 11.6 Å². The highest BCUT2D eigenvalue weighted by Crippen LogP contribution is 2.33. The number of alkyl halides is 3. The topological polar surface area (TPSA) is 78.4 Å². The number of benzene rings is 1. The molecule has 1 aliphatic rings. The smallest absolute Gasteiger partial charge is 0.404 e. The van der Waals surface area contributed by atoms with Crippen LogP contribution in [-0.2, 0) is 9.59 Å². The monoisotopic (exact) mass is 372 g/mol. The van der Waals surface area contributed by atoms with E-state index in [1.165, 1.54) is 24.8 Å². The number of nitrogens with one attached hydrogen (secondary N) is 2. The zero-order valence-electron chi connectivity index (χ0n) is 14.3.